The first-order valence-corrected chi connectivity index (χ1v) is 8.48. The van der Waals surface area contributed by atoms with Crippen molar-refractivity contribution in [2.45, 2.75) is 39.7 Å². The molecule has 138 valence electrons. The average Bonchev–Trinajstić information content (AvgIpc) is 2.60. The zero-order chi connectivity index (χ0) is 18.7. The molecule has 0 aliphatic rings. The largest absolute Gasteiger partial charge is 0.465 e. The Morgan fingerprint density at radius 2 is 1.64 bits per heavy atom. The summed E-state index contributed by atoms with van der Waals surface area (Å²) in [6, 6.07) is 6.24. The van der Waals surface area contributed by atoms with Crippen LogP contribution in [-0.2, 0) is 19.1 Å². The maximum atomic E-state index is 12.0. The van der Waals surface area contributed by atoms with Gasteiger partial charge in [-0.2, -0.15) is 0 Å². The van der Waals surface area contributed by atoms with Gasteiger partial charge in [0.25, 0.3) is 5.91 Å². The van der Waals surface area contributed by atoms with Crippen molar-refractivity contribution >= 4 is 23.5 Å². The smallest absolute Gasteiger partial charge is 0.328 e. The second-order valence-electron chi connectivity index (χ2n) is 5.30. The van der Waals surface area contributed by atoms with Gasteiger partial charge in [0.1, 0.15) is 12.6 Å². The minimum absolute atomic E-state index is 0.173. The van der Waals surface area contributed by atoms with Crippen LogP contribution >= 0.6 is 0 Å². The lowest BCUT2D eigenvalue weighted by molar-refractivity contribution is -0.144. The third-order valence-electron chi connectivity index (χ3n) is 3.34. The lowest BCUT2D eigenvalue weighted by Crippen LogP contribution is -2.31. The first-order chi connectivity index (χ1) is 12.0. The predicted molar refractivity (Wildman–Crippen MR) is 94.4 cm³/mol. The highest BCUT2D eigenvalue weighted by molar-refractivity contribution is 5.96. The van der Waals surface area contributed by atoms with E-state index in [0.29, 0.717) is 24.3 Å². The van der Waals surface area contributed by atoms with E-state index in [9.17, 15) is 14.4 Å². The molecule has 0 spiro atoms. The molecule has 0 aliphatic carbocycles. The Bertz CT molecular complexity index is 571. The lowest BCUT2D eigenvalue weighted by atomic mass is 10.1. The van der Waals surface area contributed by atoms with Gasteiger partial charge in [-0.05, 0) is 44.5 Å². The number of hydrogen-bond acceptors (Lipinski definition) is 6. The van der Waals surface area contributed by atoms with Crippen LogP contribution in [0, 0.1) is 0 Å². The van der Waals surface area contributed by atoms with Crippen LogP contribution in [0.3, 0.4) is 0 Å². The van der Waals surface area contributed by atoms with Gasteiger partial charge in [0, 0.05) is 11.3 Å². The van der Waals surface area contributed by atoms with Crippen LogP contribution < -0.4 is 10.6 Å². The highest BCUT2D eigenvalue weighted by Gasteiger charge is 2.18. The summed E-state index contributed by atoms with van der Waals surface area (Å²) in [6.07, 6.45) is 1.49. The van der Waals surface area contributed by atoms with E-state index in [2.05, 4.69) is 10.6 Å². The summed E-state index contributed by atoms with van der Waals surface area (Å²) in [5, 5.41) is 5.61. The van der Waals surface area contributed by atoms with E-state index in [1.54, 1.807) is 38.1 Å². The number of amides is 1. The molecule has 0 fully saturated rings. The number of carbonyl (C=O) groups excluding carboxylic acids is 3. The molecule has 1 unspecified atom stereocenters. The molecular weight excluding hydrogens is 324 g/mol. The summed E-state index contributed by atoms with van der Waals surface area (Å²) in [6.45, 7) is 5.89. The highest BCUT2D eigenvalue weighted by Crippen LogP contribution is 2.14. The van der Waals surface area contributed by atoms with Gasteiger partial charge in [-0.25, -0.2) is 4.79 Å². The van der Waals surface area contributed by atoms with Crippen molar-refractivity contribution in [3.8, 4) is 0 Å². The van der Waals surface area contributed by atoms with Gasteiger partial charge < -0.3 is 20.1 Å². The second kappa shape index (κ2) is 11.1. The Morgan fingerprint density at radius 3 is 2.20 bits per heavy atom. The number of rotatable bonds is 10. The fraction of sp³-hybridized carbons (Fsp3) is 0.500. The fourth-order valence-electron chi connectivity index (χ4n) is 2.17. The van der Waals surface area contributed by atoms with Crippen LogP contribution in [0.2, 0.25) is 0 Å². The van der Waals surface area contributed by atoms with E-state index >= 15 is 0 Å². The number of carbonyl (C=O) groups is 3. The van der Waals surface area contributed by atoms with Gasteiger partial charge in [-0.1, -0.05) is 13.3 Å². The van der Waals surface area contributed by atoms with Crippen molar-refractivity contribution in [2.24, 2.45) is 0 Å². The Balaban J connectivity index is 2.63. The molecule has 0 saturated heterocycles. The normalized spacial score (nSPS) is 11.3. The average molecular weight is 350 g/mol. The maximum absolute atomic E-state index is 12.0. The zero-order valence-electron chi connectivity index (χ0n) is 15.0. The van der Waals surface area contributed by atoms with E-state index in [0.717, 1.165) is 6.42 Å². The van der Waals surface area contributed by atoms with Crippen LogP contribution in [0.5, 0.6) is 0 Å². The molecule has 1 atom stereocenters. The fourth-order valence-corrected chi connectivity index (χ4v) is 2.17. The van der Waals surface area contributed by atoms with E-state index in [1.165, 1.54) is 0 Å². The maximum Gasteiger partial charge on any atom is 0.328 e. The summed E-state index contributed by atoms with van der Waals surface area (Å²) in [5.74, 6) is -1.14. The van der Waals surface area contributed by atoms with Crippen molar-refractivity contribution in [3.63, 3.8) is 0 Å². The first kappa shape index (κ1) is 20.5. The molecule has 1 amide bonds. The quantitative estimate of drug-likeness (QED) is 0.628. The molecule has 0 saturated carbocycles. The Morgan fingerprint density at radius 1 is 1.00 bits per heavy atom. The zero-order valence-corrected chi connectivity index (χ0v) is 15.0. The van der Waals surface area contributed by atoms with Gasteiger partial charge in [0.05, 0.1) is 13.2 Å². The standard InChI is InChI=1S/C18H26N2O5/c1-4-7-15(18(23)25-6-3)20-14-10-8-13(9-11-14)17(22)19-12-16(21)24-5-2/h8-11,15,20H,4-7,12H2,1-3H3,(H,19,22). The van der Waals surface area contributed by atoms with Crippen LogP contribution in [0.1, 0.15) is 44.0 Å². The number of hydrogen-bond donors (Lipinski definition) is 2. The van der Waals surface area contributed by atoms with Crippen molar-refractivity contribution in [1.29, 1.82) is 0 Å². The molecule has 1 rings (SSSR count). The van der Waals surface area contributed by atoms with Gasteiger partial charge in [0.15, 0.2) is 0 Å². The SMILES string of the molecule is CCCC(Nc1ccc(C(=O)NCC(=O)OCC)cc1)C(=O)OCC. The molecule has 1 aromatic carbocycles. The van der Waals surface area contributed by atoms with Crippen LogP contribution in [-0.4, -0.2) is 43.6 Å². The molecule has 1 aromatic rings. The Labute approximate surface area is 148 Å². The van der Waals surface area contributed by atoms with E-state index in [4.69, 9.17) is 9.47 Å². The highest BCUT2D eigenvalue weighted by atomic mass is 16.5. The molecule has 0 aliphatic heterocycles. The van der Waals surface area contributed by atoms with Crippen molar-refractivity contribution in [1.82, 2.24) is 5.32 Å². The summed E-state index contributed by atoms with van der Waals surface area (Å²) >= 11 is 0. The van der Waals surface area contributed by atoms with E-state index in [1.807, 2.05) is 6.92 Å². The van der Waals surface area contributed by atoms with Crippen molar-refractivity contribution < 1.29 is 23.9 Å². The monoisotopic (exact) mass is 350 g/mol. The minimum Gasteiger partial charge on any atom is -0.465 e. The number of anilines is 1. The predicted octanol–water partition coefficient (Wildman–Crippen LogP) is 2.12. The summed E-state index contributed by atoms with van der Waals surface area (Å²) in [5.41, 5.74) is 1.13. The number of benzene rings is 1. The third kappa shape index (κ3) is 7.24. The number of ether oxygens (including phenoxy) is 2. The minimum atomic E-state index is -0.481. The molecule has 7 nitrogen and oxygen atoms in total. The van der Waals surface area contributed by atoms with Crippen molar-refractivity contribution in [2.75, 3.05) is 25.1 Å². The third-order valence-corrected chi connectivity index (χ3v) is 3.34. The summed E-state index contributed by atoms with van der Waals surface area (Å²) < 4.78 is 9.80. The van der Waals surface area contributed by atoms with Crippen LogP contribution in [0.25, 0.3) is 0 Å². The summed E-state index contributed by atoms with van der Waals surface area (Å²) in [7, 11) is 0. The molecule has 0 radical (unpaired) electrons. The van der Waals surface area contributed by atoms with Gasteiger partial charge >= 0.3 is 11.9 Å². The summed E-state index contributed by atoms with van der Waals surface area (Å²) in [4.78, 5) is 35.1. The van der Waals surface area contributed by atoms with Crippen molar-refractivity contribution in [3.05, 3.63) is 29.8 Å². The molecule has 0 aromatic heterocycles. The van der Waals surface area contributed by atoms with Gasteiger partial charge in [-0.15, -0.1) is 0 Å². The second-order valence-corrected chi connectivity index (χ2v) is 5.30. The molecule has 0 bridgehead atoms. The molecule has 0 heterocycles. The Kier molecular flexibility index (Phi) is 9.06. The number of nitrogens with one attached hydrogen (secondary N) is 2. The number of esters is 2. The van der Waals surface area contributed by atoms with Crippen LogP contribution in [0.4, 0.5) is 5.69 Å². The molecular formula is C18H26N2O5. The van der Waals surface area contributed by atoms with E-state index < -0.39 is 12.0 Å². The molecule has 7 heteroatoms. The topological polar surface area (TPSA) is 93.7 Å². The van der Waals surface area contributed by atoms with Gasteiger partial charge in [0.2, 0.25) is 0 Å². The lowest BCUT2D eigenvalue weighted by Gasteiger charge is -2.18. The molecule has 2 N–H and O–H groups in total. The van der Waals surface area contributed by atoms with E-state index in [-0.39, 0.29) is 25.0 Å². The first-order valence-electron chi connectivity index (χ1n) is 8.48. The van der Waals surface area contributed by atoms with Crippen LogP contribution in [0.15, 0.2) is 24.3 Å². The molecule has 25 heavy (non-hydrogen) atoms. The van der Waals surface area contributed by atoms with Gasteiger partial charge in [-0.3, -0.25) is 9.59 Å². The Hall–Kier alpha value is -2.57.